The molecular formula is C17H19NO3. The van der Waals surface area contributed by atoms with Crippen LogP contribution in [0.2, 0.25) is 0 Å². The molecule has 0 aliphatic carbocycles. The SMILES string of the molecule is COc1ccc(COC(=O)CNc2ccc(C)cc2)cc1. The van der Waals surface area contributed by atoms with Gasteiger partial charge in [0.05, 0.1) is 7.11 Å². The summed E-state index contributed by atoms with van der Waals surface area (Å²) >= 11 is 0. The molecule has 0 amide bonds. The Balaban J connectivity index is 1.75. The molecule has 0 aliphatic rings. The minimum Gasteiger partial charge on any atom is -0.497 e. The topological polar surface area (TPSA) is 47.6 Å². The number of methoxy groups -OCH3 is 1. The van der Waals surface area contributed by atoms with Gasteiger partial charge in [0.2, 0.25) is 0 Å². The van der Waals surface area contributed by atoms with Crippen LogP contribution < -0.4 is 10.1 Å². The number of esters is 1. The summed E-state index contributed by atoms with van der Waals surface area (Å²) in [4.78, 5) is 11.7. The number of rotatable bonds is 6. The van der Waals surface area contributed by atoms with Crippen LogP contribution in [0, 0.1) is 6.92 Å². The van der Waals surface area contributed by atoms with E-state index in [1.165, 1.54) is 5.56 Å². The summed E-state index contributed by atoms with van der Waals surface area (Å²) in [6.07, 6.45) is 0. The van der Waals surface area contributed by atoms with Gasteiger partial charge in [-0.15, -0.1) is 0 Å². The zero-order chi connectivity index (χ0) is 15.1. The molecule has 110 valence electrons. The fraction of sp³-hybridized carbons (Fsp3) is 0.235. The van der Waals surface area contributed by atoms with E-state index in [1.807, 2.05) is 55.5 Å². The van der Waals surface area contributed by atoms with Crippen molar-refractivity contribution in [2.45, 2.75) is 13.5 Å². The van der Waals surface area contributed by atoms with E-state index in [0.29, 0.717) is 0 Å². The number of ether oxygens (including phenoxy) is 2. The quantitative estimate of drug-likeness (QED) is 0.828. The number of aryl methyl sites for hydroxylation is 1. The van der Waals surface area contributed by atoms with Crippen molar-refractivity contribution in [3.63, 3.8) is 0 Å². The number of hydrogen-bond donors (Lipinski definition) is 1. The summed E-state index contributed by atoms with van der Waals surface area (Å²) in [6, 6.07) is 15.3. The van der Waals surface area contributed by atoms with Crippen molar-refractivity contribution in [2.24, 2.45) is 0 Å². The maximum atomic E-state index is 11.7. The lowest BCUT2D eigenvalue weighted by Crippen LogP contribution is -2.16. The molecular weight excluding hydrogens is 266 g/mol. The smallest absolute Gasteiger partial charge is 0.325 e. The van der Waals surface area contributed by atoms with E-state index in [9.17, 15) is 4.79 Å². The van der Waals surface area contributed by atoms with Gasteiger partial charge in [0.1, 0.15) is 18.9 Å². The van der Waals surface area contributed by atoms with Crippen molar-refractivity contribution < 1.29 is 14.3 Å². The first-order chi connectivity index (χ1) is 10.2. The van der Waals surface area contributed by atoms with E-state index in [2.05, 4.69) is 5.32 Å². The normalized spacial score (nSPS) is 10.0. The van der Waals surface area contributed by atoms with Crippen molar-refractivity contribution in [1.82, 2.24) is 0 Å². The maximum absolute atomic E-state index is 11.7. The molecule has 2 aromatic carbocycles. The predicted molar refractivity (Wildman–Crippen MR) is 82.5 cm³/mol. The number of nitrogens with one attached hydrogen (secondary N) is 1. The minimum absolute atomic E-state index is 0.152. The average Bonchev–Trinajstić information content (AvgIpc) is 2.53. The van der Waals surface area contributed by atoms with Crippen molar-refractivity contribution in [3.05, 3.63) is 59.7 Å². The zero-order valence-corrected chi connectivity index (χ0v) is 12.3. The first kappa shape index (κ1) is 14.9. The first-order valence-electron chi connectivity index (χ1n) is 6.76. The van der Waals surface area contributed by atoms with E-state index >= 15 is 0 Å². The second-order valence-corrected chi connectivity index (χ2v) is 4.73. The van der Waals surface area contributed by atoms with Gasteiger partial charge in [-0.2, -0.15) is 0 Å². The lowest BCUT2D eigenvalue weighted by Gasteiger charge is -2.08. The molecule has 1 N–H and O–H groups in total. The van der Waals surface area contributed by atoms with Crippen molar-refractivity contribution >= 4 is 11.7 Å². The Bertz CT molecular complexity index is 576. The summed E-state index contributed by atoms with van der Waals surface area (Å²) in [7, 11) is 1.62. The van der Waals surface area contributed by atoms with Crippen LogP contribution in [0.4, 0.5) is 5.69 Å². The second-order valence-electron chi connectivity index (χ2n) is 4.73. The fourth-order valence-corrected chi connectivity index (χ4v) is 1.78. The van der Waals surface area contributed by atoms with E-state index in [-0.39, 0.29) is 19.1 Å². The lowest BCUT2D eigenvalue weighted by atomic mass is 10.2. The molecule has 0 spiro atoms. The summed E-state index contributed by atoms with van der Waals surface area (Å²) in [5.74, 6) is 0.498. The van der Waals surface area contributed by atoms with Crippen LogP contribution in [0.1, 0.15) is 11.1 Å². The Labute approximate surface area is 124 Å². The van der Waals surface area contributed by atoms with Gasteiger partial charge in [0, 0.05) is 5.69 Å². The fourth-order valence-electron chi connectivity index (χ4n) is 1.78. The molecule has 2 aromatic rings. The van der Waals surface area contributed by atoms with Crippen LogP contribution in [0.15, 0.2) is 48.5 Å². The molecule has 0 atom stereocenters. The summed E-state index contributed by atoms with van der Waals surface area (Å²) in [6.45, 7) is 2.44. The van der Waals surface area contributed by atoms with E-state index in [0.717, 1.165) is 17.0 Å². The van der Waals surface area contributed by atoms with Crippen LogP contribution in [0.3, 0.4) is 0 Å². The van der Waals surface area contributed by atoms with Crippen LogP contribution in [-0.2, 0) is 16.1 Å². The van der Waals surface area contributed by atoms with Gasteiger partial charge in [-0.3, -0.25) is 4.79 Å². The Morgan fingerprint density at radius 3 is 2.33 bits per heavy atom. The monoisotopic (exact) mass is 285 g/mol. The molecule has 0 saturated heterocycles. The molecule has 0 aliphatic heterocycles. The van der Waals surface area contributed by atoms with Crippen molar-refractivity contribution in [3.8, 4) is 5.75 Å². The van der Waals surface area contributed by atoms with Crippen LogP contribution in [-0.4, -0.2) is 19.6 Å². The Morgan fingerprint density at radius 2 is 1.71 bits per heavy atom. The Morgan fingerprint density at radius 1 is 1.05 bits per heavy atom. The molecule has 0 heterocycles. The average molecular weight is 285 g/mol. The van der Waals surface area contributed by atoms with Gasteiger partial charge < -0.3 is 14.8 Å². The van der Waals surface area contributed by atoms with Gasteiger partial charge in [-0.25, -0.2) is 0 Å². The van der Waals surface area contributed by atoms with Crippen molar-refractivity contribution in [2.75, 3.05) is 19.0 Å². The molecule has 0 saturated carbocycles. The standard InChI is InChI=1S/C17H19NO3/c1-13-3-7-15(8-4-13)18-11-17(19)21-12-14-5-9-16(20-2)10-6-14/h3-10,18H,11-12H2,1-2H3. The molecule has 2 rings (SSSR count). The summed E-state index contributed by atoms with van der Waals surface area (Å²) in [5.41, 5.74) is 3.02. The minimum atomic E-state index is -0.286. The molecule has 0 unspecified atom stereocenters. The van der Waals surface area contributed by atoms with E-state index < -0.39 is 0 Å². The van der Waals surface area contributed by atoms with Crippen LogP contribution in [0.25, 0.3) is 0 Å². The summed E-state index contributed by atoms with van der Waals surface area (Å²) < 4.78 is 10.3. The third kappa shape index (κ3) is 4.84. The Hall–Kier alpha value is -2.49. The third-order valence-electron chi connectivity index (χ3n) is 3.05. The van der Waals surface area contributed by atoms with Crippen LogP contribution in [0.5, 0.6) is 5.75 Å². The highest BCUT2D eigenvalue weighted by Crippen LogP contribution is 2.12. The molecule has 0 fully saturated rings. The lowest BCUT2D eigenvalue weighted by molar-refractivity contribution is -0.142. The first-order valence-corrected chi connectivity index (χ1v) is 6.76. The molecule has 4 heteroatoms. The molecule has 0 aromatic heterocycles. The van der Waals surface area contributed by atoms with Crippen molar-refractivity contribution in [1.29, 1.82) is 0 Å². The predicted octanol–water partition coefficient (Wildman–Crippen LogP) is 3.16. The second kappa shape index (κ2) is 7.33. The third-order valence-corrected chi connectivity index (χ3v) is 3.05. The highest BCUT2D eigenvalue weighted by molar-refractivity contribution is 5.75. The Kier molecular flexibility index (Phi) is 5.21. The molecule has 0 bridgehead atoms. The number of carbonyl (C=O) groups excluding carboxylic acids is 1. The molecule has 21 heavy (non-hydrogen) atoms. The highest BCUT2D eigenvalue weighted by atomic mass is 16.5. The largest absolute Gasteiger partial charge is 0.497 e. The van der Waals surface area contributed by atoms with Crippen LogP contribution >= 0.6 is 0 Å². The van der Waals surface area contributed by atoms with E-state index in [1.54, 1.807) is 7.11 Å². The summed E-state index contributed by atoms with van der Waals surface area (Å²) in [5, 5.41) is 3.03. The van der Waals surface area contributed by atoms with Gasteiger partial charge in [0.15, 0.2) is 0 Å². The van der Waals surface area contributed by atoms with Gasteiger partial charge >= 0.3 is 5.97 Å². The van der Waals surface area contributed by atoms with Gasteiger partial charge in [-0.1, -0.05) is 29.8 Å². The molecule has 0 radical (unpaired) electrons. The zero-order valence-electron chi connectivity index (χ0n) is 12.3. The van der Waals surface area contributed by atoms with Gasteiger partial charge in [-0.05, 0) is 36.8 Å². The van der Waals surface area contributed by atoms with Gasteiger partial charge in [0.25, 0.3) is 0 Å². The number of anilines is 1. The number of hydrogen-bond acceptors (Lipinski definition) is 4. The van der Waals surface area contributed by atoms with E-state index in [4.69, 9.17) is 9.47 Å². The maximum Gasteiger partial charge on any atom is 0.325 e. The number of carbonyl (C=O) groups is 1. The highest BCUT2D eigenvalue weighted by Gasteiger charge is 2.03. The molecule has 4 nitrogen and oxygen atoms in total. The number of benzene rings is 2.